The second kappa shape index (κ2) is 8.57. The number of rotatable bonds is 7. The Hall–Kier alpha value is -4.48. The average Bonchev–Trinajstić information content (AvgIpc) is 3.35. The minimum atomic E-state index is -1.21. The second-order valence-corrected chi connectivity index (χ2v) is 7.19. The summed E-state index contributed by atoms with van der Waals surface area (Å²) in [6.45, 7) is 0.807. The Morgan fingerprint density at radius 3 is 2.70 bits per heavy atom. The zero-order valence-corrected chi connectivity index (χ0v) is 17.2. The largest absolute Gasteiger partial charge is 0.454 e. The van der Waals surface area contributed by atoms with E-state index in [2.05, 4.69) is 5.32 Å². The van der Waals surface area contributed by atoms with Gasteiger partial charge in [-0.25, -0.2) is 0 Å². The molecule has 2 heterocycles. The Bertz CT molecular complexity index is 1190. The smallest absolute Gasteiger partial charge is 0.326 e. The number of ether oxygens (including phenoxy) is 3. The molecular weight excluding hydrogens is 438 g/mol. The van der Waals surface area contributed by atoms with E-state index in [1.54, 1.807) is 18.2 Å². The fourth-order valence-corrected chi connectivity index (χ4v) is 3.41. The van der Waals surface area contributed by atoms with Crippen molar-refractivity contribution in [3.63, 3.8) is 0 Å². The zero-order valence-electron chi connectivity index (χ0n) is 17.2. The van der Waals surface area contributed by atoms with Crippen LogP contribution in [0, 0.1) is 10.1 Å². The van der Waals surface area contributed by atoms with E-state index in [0.717, 1.165) is 11.6 Å². The van der Waals surface area contributed by atoms with Crippen LogP contribution in [0.5, 0.6) is 11.5 Å². The number of nitrogens with zero attached hydrogens (tertiary/aromatic N) is 2. The van der Waals surface area contributed by atoms with Crippen LogP contribution in [0.25, 0.3) is 0 Å². The van der Waals surface area contributed by atoms with Gasteiger partial charge in [0.2, 0.25) is 6.79 Å². The summed E-state index contributed by atoms with van der Waals surface area (Å²) >= 11 is 0. The molecule has 0 aromatic heterocycles. The van der Waals surface area contributed by atoms with E-state index < -0.39 is 47.0 Å². The summed E-state index contributed by atoms with van der Waals surface area (Å²) in [6, 6.07) is 8.79. The molecule has 2 aliphatic rings. The maximum absolute atomic E-state index is 12.5. The predicted octanol–water partition coefficient (Wildman–Crippen LogP) is 1.17. The quantitative estimate of drug-likeness (QED) is 0.280. The topological polar surface area (TPSA) is 154 Å². The molecule has 2 aromatic rings. The van der Waals surface area contributed by atoms with Crippen molar-refractivity contribution in [2.45, 2.75) is 19.6 Å². The molecule has 33 heavy (non-hydrogen) atoms. The van der Waals surface area contributed by atoms with Crippen molar-refractivity contribution in [2.75, 3.05) is 13.3 Å². The van der Waals surface area contributed by atoms with E-state index in [1.165, 1.54) is 19.1 Å². The third-order valence-corrected chi connectivity index (χ3v) is 5.04. The van der Waals surface area contributed by atoms with Crippen LogP contribution in [0.1, 0.15) is 33.2 Å². The normalized spacial score (nSPS) is 14.6. The van der Waals surface area contributed by atoms with Crippen molar-refractivity contribution >= 4 is 29.4 Å². The molecule has 0 saturated carbocycles. The van der Waals surface area contributed by atoms with E-state index in [-0.39, 0.29) is 24.5 Å². The van der Waals surface area contributed by atoms with Gasteiger partial charge < -0.3 is 19.5 Å². The summed E-state index contributed by atoms with van der Waals surface area (Å²) in [5, 5.41) is 13.8. The average molecular weight is 455 g/mol. The van der Waals surface area contributed by atoms with Gasteiger partial charge in [-0.1, -0.05) is 12.1 Å². The van der Waals surface area contributed by atoms with E-state index in [4.69, 9.17) is 14.2 Å². The summed E-state index contributed by atoms with van der Waals surface area (Å²) in [5.41, 5.74) is -0.344. The number of fused-ring (bicyclic) bond motifs is 2. The third kappa shape index (κ3) is 4.18. The van der Waals surface area contributed by atoms with Gasteiger partial charge in [0.15, 0.2) is 17.6 Å². The molecule has 0 radical (unpaired) electrons. The molecule has 2 aliphatic heterocycles. The second-order valence-electron chi connectivity index (χ2n) is 7.19. The molecule has 0 aliphatic carbocycles. The first-order chi connectivity index (χ1) is 15.8. The summed E-state index contributed by atoms with van der Waals surface area (Å²) in [5.74, 6) is -2.28. The van der Waals surface area contributed by atoms with Crippen molar-refractivity contribution in [1.82, 2.24) is 10.2 Å². The van der Waals surface area contributed by atoms with Crippen LogP contribution in [0.4, 0.5) is 5.69 Å². The molecule has 0 fully saturated rings. The van der Waals surface area contributed by atoms with Crippen LogP contribution in [0.3, 0.4) is 0 Å². The minimum Gasteiger partial charge on any atom is -0.454 e. The van der Waals surface area contributed by atoms with Gasteiger partial charge in [-0.05, 0) is 30.7 Å². The van der Waals surface area contributed by atoms with Gasteiger partial charge in [-0.3, -0.25) is 34.2 Å². The SMILES string of the molecule is CC(OC(=O)CN1C(=O)c2cccc([N+](=O)[O-])c2C1=O)C(=O)NCc1ccc2c(c1)OCO2. The fraction of sp³-hybridized carbons (Fsp3) is 0.238. The number of hydrogen-bond donors (Lipinski definition) is 1. The van der Waals surface area contributed by atoms with Gasteiger partial charge in [0.05, 0.1) is 10.5 Å². The van der Waals surface area contributed by atoms with Crippen LogP contribution in [-0.2, 0) is 20.9 Å². The first-order valence-corrected chi connectivity index (χ1v) is 9.75. The van der Waals surface area contributed by atoms with E-state index in [1.807, 2.05) is 0 Å². The lowest BCUT2D eigenvalue weighted by Gasteiger charge is -2.16. The molecule has 4 rings (SSSR count). The summed E-state index contributed by atoms with van der Waals surface area (Å²) in [7, 11) is 0. The number of nitro groups is 1. The molecular formula is C21H17N3O9. The van der Waals surface area contributed by atoms with Crippen LogP contribution >= 0.6 is 0 Å². The van der Waals surface area contributed by atoms with Gasteiger partial charge >= 0.3 is 5.97 Å². The molecule has 1 unspecified atom stereocenters. The number of imide groups is 1. The molecule has 1 N–H and O–H groups in total. The number of nitrogens with one attached hydrogen (secondary N) is 1. The Kier molecular flexibility index (Phi) is 5.65. The lowest BCUT2D eigenvalue weighted by atomic mass is 10.1. The number of benzene rings is 2. The van der Waals surface area contributed by atoms with Gasteiger partial charge in [-0.2, -0.15) is 0 Å². The highest BCUT2D eigenvalue weighted by atomic mass is 16.7. The summed E-state index contributed by atoms with van der Waals surface area (Å²) in [4.78, 5) is 60.5. The van der Waals surface area contributed by atoms with Gasteiger partial charge in [0.25, 0.3) is 23.4 Å². The number of carbonyl (C=O) groups excluding carboxylic acids is 4. The van der Waals surface area contributed by atoms with Crippen LogP contribution in [0.2, 0.25) is 0 Å². The van der Waals surface area contributed by atoms with Crippen LogP contribution in [-0.4, -0.2) is 53.0 Å². The first kappa shape index (κ1) is 21.7. The Morgan fingerprint density at radius 1 is 1.18 bits per heavy atom. The van der Waals surface area contributed by atoms with Crippen molar-refractivity contribution in [3.8, 4) is 11.5 Å². The van der Waals surface area contributed by atoms with Gasteiger partial charge in [-0.15, -0.1) is 0 Å². The molecule has 0 spiro atoms. The highest BCUT2D eigenvalue weighted by Crippen LogP contribution is 2.32. The molecule has 1 atom stereocenters. The zero-order chi connectivity index (χ0) is 23.7. The molecule has 0 bridgehead atoms. The molecule has 12 nitrogen and oxygen atoms in total. The number of carbonyl (C=O) groups is 4. The summed E-state index contributed by atoms with van der Waals surface area (Å²) < 4.78 is 15.5. The molecule has 12 heteroatoms. The maximum Gasteiger partial charge on any atom is 0.326 e. The Labute approximate surface area is 186 Å². The lowest BCUT2D eigenvalue weighted by Crippen LogP contribution is -2.40. The van der Waals surface area contributed by atoms with E-state index in [0.29, 0.717) is 16.4 Å². The number of esters is 1. The number of hydrogen-bond acceptors (Lipinski definition) is 9. The minimum absolute atomic E-state index is 0.124. The fourth-order valence-electron chi connectivity index (χ4n) is 3.41. The van der Waals surface area contributed by atoms with E-state index in [9.17, 15) is 29.3 Å². The van der Waals surface area contributed by atoms with E-state index >= 15 is 0 Å². The van der Waals surface area contributed by atoms with Crippen molar-refractivity contribution in [3.05, 3.63) is 63.2 Å². The molecule has 0 saturated heterocycles. The van der Waals surface area contributed by atoms with Gasteiger partial charge in [0, 0.05) is 12.6 Å². The third-order valence-electron chi connectivity index (χ3n) is 5.04. The number of nitro benzene ring substituents is 1. The highest BCUT2D eigenvalue weighted by Gasteiger charge is 2.42. The van der Waals surface area contributed by atoms with Crippen molar-refractivity contribution in [1.29, 1.82) is 0 Å². The van der Waals surface area contributed by atoms with Crippen LogP contribution in [0.15, 0.2) is 36.4 Å². The molecule has 2 aromatic carbocycles. The lowest BCUT2D eigenvalue weighted by molar-refractivity contribution is -0.385. The Balaban J connectivity index is 1.33. The predicted molar refractivity (Wildman–Crippen MR) is 108 cm³/mol. The highest BCUT2D eigenvalue weighted by molar-refractivity contribution is 6.24. The number of amides is 3. The monoisotopic (exact) mass is 455 g/mol. The van der Waals surface area contributed by atoms with Crippen molar-refractivity contribution in [2.24, 2.45) is 0 Å². The molecule has 170 valence electrons. The van der Waals surface area contributed by atoms with Gasteiger partial charge in [0.1, 0.15) is 12.1 Å². The molecule has 3 amide bonds. The van der Waals surface area contributed by atoms with Crippen LogP contribution < -0.4 is 14.8 Å². The maximum atomic E-state index is 12.5. The standard InChI is InChI=1S/C21H17N3O9/c1-11(19(26)22-8-12-5-6-15-16(7-12)32-10-31-15)33-17(25)9-23-20(27)13-3-2-4-14(24(29)30)18(13)21(23)28/h2-7,11H,8-10H2,1H3,(H,22,26). The summed E-state index contributed by atoms with van der Waals surface area (Å²) in [6.07, 6.45) is -1.21. The first-order valence-electron chi connectivity index (χ1n) is 9.75. The van der Waals surface area contributed by atoms with Crippen molar-refractivity contribution < 1.29 is 38.3 Å². The Morgan fingerprint density at radius 2 is 1.94 bits per heavy atom.